The molecule has 4 heteroatoms. The highest BCUT2D eigenvalue weighted by Crippen LogP contribution is 1.98. The highest BCUT2D eigenvalue weighted by molar-refractivity contribution is 5.22. The summed E-state index contributed by atoms with van der Waals surface area (Å²) in [7, 11) is 0. The molecule has 60 valence electrons. The van der Waals surface area contributed by atoms with Gasteiger partial charge in [0.25, 0.3) is 5.56 Å². The molecular formula is C7H11N3O. The van der Waals surface area contributed by atoms with Gasteiger partial charge in [-0.1, -0.05) is 0 Å². The summed E-state index contributed by atoms with van der Waals surface area (Å²) in [5.74, 6) is 0.0567. The lowest BCUT2D eigenvalue weighted by Gasteiger charge is -2.08. The van der Waals surface area contributed by atoms with Crippen LogP contribution >= 0.6 is 0 Å². The Bertz CT molecular complexity index is 303. The van der Waals surface area contributed by atoms with E-state index in [9.17, 15) is 4.79 Å². The van der Waals surface area contributed by atoms with E-state index in [4.69, 9.17) is 5.73 Å². The number of hydrogen-bond acceptors (Lipinski definition) is 3. The molecule has 0 aromatic carbocycles. The Labute approximate surface area is 64.7 Å². The lowest BCUT2D eigenvalue weighted by molar-refractivity contribution is 0.576. The number of aromatic nitrogens is 2. The zero-order valence-electron chi connectivity index (χ0n) is 6.61. The third kappa shape index (κ3) is 1.39. The third-order valence-corrected chi connectivity index (χ3v) is 1.45. The predicted octanol–water partition coefficient (Wildman–Crippen LogP) is 0.406. The largest absolute Gasteiger partial charge is 0.379 e. The molecule has 0 spiro atoms. The van der Waals surface area contributed by atoms with Crippen LogP contribution < -0.4 is 11.3 Å². The molecule has 0 fully saturated rings. The van der Waals surface area contributed by atoms with Gasteiger partial charge in [0.15, 0.2) is 5.82 Å². The Morgan fingerprint density at radius 1 is 1.64 bits per heavy atom. The highest BCUT2D eigenvalue weighted by atomic mass is 16.1. The number of anilines is 1. The second kappa shape index (κ2) is 2.74. The van der Waals surface area contributed by atoms with Crippen LogP contribution in [0.1, 0.15) is 19.9 Å². The molecule has 0 saturated heterocycles. The molecule has 1 heterocycles. The molecule has 4 nitrogen and oxygen atoms in total. The molecule has 0 radical (unpaired) electrons. The molecular weight excluding hydrogens is 142 g/mol. The van der Waals surface area contributed by atoms with Crippen molar-refractivity contribution >= 4 is 5.82 Å². The summed E-state index contributed by atoms with van der Waals surface area (Å²) in [5, 5.41) is 0. The molecule has 0 aliphatic heterocycles. The lowest BCUT2D eigenvalue weighted by Crippen LogP contribution is -2.24. The molecule has 1 aromatic heterocycles. The first-order valence-electron chi connectivity index (χ1n) is 3.45. The normalized spacial score (nSPS) is 10.5. The Kier molecular flexibility index (Phi) is 1.94. The maximum absolute atomic E-state index is 11.2. The van der Waals surface area contributed by atoms with Crippen LogP contribution in [0, 0.1) is 0 Å². The molecule has 0 atom stereocenters. The van der Waals surface area contributed by atoms with Crippen LogP contribution in [0.15, 0.2) is 17.2 Å². The fourth-order valence-electron chi connectivity index (χ4n) is 0.847. The van der Waals surface area contributed by atoms with Crippen LogP contribution in [0.5, 0.6) is 0 Å². The molecule has 2 N–H and O–H groups in total. The summed E-state index contributed by atoms with van der Waals surface area (Å²) < 4.78 is 1.54. The first-order valence-corrected chi connectivity index (χ1v) is 3.45. The summed E-state index contributed by atoms with van der Waals surface area (Å²) >= 11 is 0. The van der Waals surface area contributed by atoms with Crippen LogP contribution in [0.4, 0.5) is 5.82 Å². The third-order valence-electron chi connectivity index (χ3n) is 1.45. The fraction of sp³-hybridized carbons (Fsp3) is 0.429. The van der Waals surface area contributed by atoms with Crippen molar-refractivity contribution < 1.29 is 0 Å². The van der Waals surface area contributed by atoms with Gasteiger partial charge < -0.3 is 10.3 Å². The van der Waals surface area contributed by atoms with E-state index in [1.807, 2.05) is 13.8 Å². The minimum atomic E-state index is -0.220. The minimum absolute atomic E-state index is 0.0567. The molecule has 0 unspecified atom stereocenters. The van der Waals surface area contributed by atoms with E-state index in [0.717, 1.165) is 0 Å². The van der Waals surface area contributed by atoms with Gasteiger partial charge in [-0.05, 0) is 13.8 Å². The molecule has 0 saturated carbocycles. The van der Waals surface area contributed by atoms with Crippen molar-refractivity contribution in [3.05, 3.63) is 22.7 Å². The van der Waals surface area contributed by atoms with E-state index in [-0.39, 0.29) is 17.4 Å². The Hall–Kier alpha value is -1.32. The molecule has 0 amide bonds. The Morgan fingerprint density at radius 2 is 2.27 bits per heavy atom. The summed E-state index contributed by atoms with van der Waals surface area (Å²) in [5.41, 5.74) is 5.09. The minimum Gasteiger partial charge on any atom is -0.379 e. The van der Waals surface area contributed by atoms with E-state index in [1.165, 1.54) is 6.20 Å². The number of hydrogen-bond donors (Lipinski definition) is 1. The number of nitrogens with zero attached hydrogens (tertiary/aromatic N) is 2. The summed E-state index contributed by atoms with van der Waals surface area (Å²) in [6, 6.07) is 0.132. The maximum atomic E-state index is 11.2. The van der Waals surface area contributed by atoms with Crippen LogP contribution in [-0.2, 0) is 0 Å². The fourth-order valence-corrected chi connectivity index (χ4v) is 0.847. The van der Waals surface area contributed by atoms with Gasteiger partial charge in [0, 0.05) is 18.4 Å². The smallest absolute Gasteiger partial charge is 0.293 e. The topological polar surface area (TPSA) is 60.9 Å². The van der Waals surface area contributed by atoms with Gasteiger partial charge >= 0.3 is 0 Å². The van der Waals surface area contributed by atoms with Gasteiger partial charge in [0.05, 0.1) is 0 Å². The van der Waals surface area contributed by atoms with Crippen molar-refractivity contribution in [1.82, 2.24) is 9.55 Å². The highest BCUT2D eigenvalue weighted by Gasteiger charge is 2.02. The Morgan fingerprint density at radius 3 is 2.73 bits per heavy atom. The molecule has 11 heavy (non-hydrogen) atoms. The summed E-state index contributed by atoms with van der Waals surface area (Å²) in [4.78, 5) is 14.9. The summed E-state index contributed by atoms with van der Waals surface area (Å²) in [6.07, 6.45) is 3.15. The SMILES string of the molecule is CC(C)n1ccnc(N)c1=O. The van der Waals surface area contributed by atoms with Crippen LogP contribution in [0.25, 0.3) is 0 Å². The van der Waals surface area contributed by atoms with E-state index in [1.54, 1.807) is 10.8 Å². The zero-order chi connectivity index (χ0) is 8.43. The lowest BCUT2D eigenvalue weighted by atomic mass is 10.4. The summed E-state index contributed by atoms with van der Waals surface area (Å²) in [6.45, 7) is 3.84. The van der Waals surface area contributed by atoms with Crippen molar-refractivity contribution in [1.29, 1.82) is 0 Å². The van der Waals surface area contributed by atoms with E-state index in [0.29, 0.717) is 0 Å². The van der Waals surface area contributed by atoms with Crippen molar-refractivity contribution in [2.45, 2.75) is 19.9 Å². The van der Waals surface area contributed by atoms with E-state index >= 15 is 0 Å². The second-order valence-electron chi connectivity index (χ2n) is 2.62. The first-order chi connectivity index (χ1) is 5.13. The van der Waals surface area contributed by atoms with Crippen molar-refractivity contribution in [2.24, 2.45) is 0 Å². The van der Waals surface area contributed by atoms with Gasteiger partial charge in [-0.15, -0.1) is 0 Å². The first kappa shape index (κ1) is 7.78. The maximum Gasteiger partial charge on any atom is 0.293 e. The standard InChI is InChI=1S/C7H11N3O/c1-5(2)10-4-3-9-6(8)7(10)11/h3-5H,1-2H3,(H2,8,9). The number of rotatable bonds is 1. The molecule has 1 rings (SSSR count). The van der Waals surface area contributed by atoms with Crippen molar-refractivity contribution in [3.63, 3.8) is 0 Å². The average Bonchev–Trinajstić information content (AvgIpc) is 1.94. The molecule has 0 aliphatic rings. The van der Waals surface area contributed by atoms with Gasteiger partial charge in [-0.3, -0.25) is 4.79 Å². The van der Waals surface area contributed by atoms with Gasteiger partial charge in [-0.25, -0.2) is 4.98 Å². The van der Waals surface area contributed by atoms with Gasteiger partial charge in [0.1, 0.15) is 0 Å². The van der Waals surface area contributed by atoms with Crippen LogP contribution in [0.3, 0.4) is 0 Å². The quantitative estimate of drug-likeness (QED) is 0.635. The molecule has 1 aromatic rings. The predicted molar refractivity (Wildman–Crippen MR) is 43.3 cm³/mol. The number of nitrogens with two attached hydrogens (primary N) is 1. The molecule has 0 bridgehead atoms. The monoisotopic (exact) mass is 153 g/mol. The van der Waals surface area contributed by atoms with Crippen molar-refractivity contribution in [2.75, 3.05) is 5.73 Å². The number of nitrogen functional groups attached to an aromatic ring is 1. The molecule has 0 aliphatic carbocycles. The van der Waals surface area contributed by atoms with Crippen LogP contribution in [-0.4, -0.2) is 9.55 Å². The van der Waals surface area contributed by atoms with Gasteiger partial charge in [0.2, 0.25) is 0 Å². The van der Waals surface area contributed by atoms with E-state index < -0.39 is 0 Å². The van der Waals surface area contributed by atoms with E-state index in [2.05, 4.69) is 4.98 Å². The van der Waals surface area contributed by atoms with Crippen molar-refractivity contribution in [3.8, 4) is 0 Å². The second-order valence-corrected chi connectivity index (χ2v) is 2.62. The average molecular weight is 153 g/mol. The Balaban J connectivity index is 3.28. The van der Waals surface area contributed by atoms with Crippen LogP contribution in [0.2, 0.25) is 0 Å². The zero-order valence-corrected chi connectivity index (χ0v) is 6.61. The van der Waals surface area contributed by atoms with Gasteiger partial charge in [-0.2, -0.15) is 0 Å².